The fourth-order valence-corrected chi connectivity index (χ4v) is 2.41. The van der Waals surface area contributed by atoms with Crippen LogP contribution in [0.1, 0.15) is 25.3 Å². The van der Waals surface area contributed by atoms with Crippen LogP contribution in [-0.4, -0.2) is 45.3 Å². The molecule has 2 rings (SSSR count). The van der Waals surface area contributed by atoms with Crippen LogP contribution in [-0.2, 0) is 11.3 Å². The van der Waals surface area contributed by atoms with Gasteiger partial charge in [-0.3, -0.25) is 4.79 Å². The number of phenols is 3. The number of carbonyl (C=O) groups is 1. The smallest absolute Gasteiger partial charge is 0.219 e. The fourth-order valence-electron chi connectivity index (χ4n) is 2.41. The summed E-state index contributed by atoms with van der Waals surface area (Å²) >= 11 is 0. The van der Waals surface area contributed by atoms with Crippen LogP contribution in [0.5, 0.6) is 17.2 Å². The standard InChI is InChI=1S/C14H20N2O4/c1-9(17)16-6-4-11(5-7-16)15-8-10-2-3-12(18)14(20)13(10)19/h2-3,11,15,18-20H,4-8H2,1H3. The minimum Gasteiger partial charge on any atom is -0.504 e. The molecule has 1 aliphatic rings. The average molecular weight is 280 g/mol. The third kappa shape index (κ3) is 3.14. The largest absolute Gasteiger partial charge is 0.504 e. The van der Waals surface area contributed by atoms with Gasteiger partial charge >= 0.3 is 0 Å². The zero-order valence-corrected chi connectivity index (χ0v) is 11.5. The lowest BCUT2D eigenvalue weighted by Gasteiger charge is -2.31. The number of phenolic OH excluding ortho intramolecular Hbond substituents is 3. The number of hydrogen-bond acceptors (Lipinski definition) is 5. The van der Waals surface area contributed by atoms with Gasteiger partial charge in [-0.15, -0.1) is 0 Å². The van der Waals surface area contributed by atoms with Crippen LogP contribution in [0.2, 0.25) is 0 Å². The lowest BCUT2D eigenvalue weighted by molar-refractivity contribution is -0.129. The summed E-state index contributed by atoms with van der Waals surface area (Å²) in [6, 6.07) is 3.20. The molecule has 4 N–H and O–H groups in total. The van der Waals surface area contributed by atoms with Crippen LogP contribution >= 0.6 is 0 Å². The molecule has 0 unspecified atom stereocenters. The minimum atomic E-state index is -0.490. The molecule has 6 nitrogen and oxygen atoms in total. The second kappa shape index (κ2) is 6.00. The van der Waals surface area contributed by atoms with Gasteiger partial charge in [-0.1, -0.05) is 6.07 Å². The van der Waals surface area contributed by atoms with Gasteiger partial charge in [0.05, 0.1) is 0 Å². The highest BCUT2D eigenvalue weighted by Crippen LogP contribution is 2.36. The first kappa shape index (κ1) is 14.5. The van der Waals surface area contributed by atoms with E-state index in [0.717, 1.165) is 25.9 Å². The highest BCUT2D eigenvalue weighted by atomic mass is 16.3. The molecule has 1 aliphatic heterocycles. The third-order valence-corrected chi connectivity index (χ3v) is 3.73. The monoisotopic (exact) mass is 280 g/mol. The van der Waals surface area contributed by atoms with E-state index in [1.165, 1.54) is 6.07 Å². The van der Waals surface area contributed by atoms with Crippen molar-refractivity contribution < 1.29 is 20.1 Å². The van der Waals surface area contributed by atoms with Crippen molar-refractivity contribution in [1.29, 1.82) is 0 Å². The number of piperidine rings is 1. The summed E-state index contributed by atoms with van der Waals surface area (Å²) in [7, 11) is 0. The van der Waals surface area contributed by atoms with Gasteiger partial charge in [0.15, 0.2) is 11.5 Å². The summed E-state index contributed by atoms with van der Waals surface area (Å²) in [6.45, 7) is 3.45. The number of hydrogen-bond donors (Lipinski definition) is 4. The van der Waals surface area contributed by atoms with Gasteiger partial charge in [-0.25, -0.2) is 0 Å². The van der Waals surface area contributed by atoms with Crippen LogP contribution in [0.3, 0.4) is 0 Å². The second-order valence-corrected chi connectivity index (χ2v) is 5.10. The Bertz CT molecular complexity index is 496. The van der Waals surface area contributed by atoms with E-state index in [-0.39, 0.29) is 23.4 Å². The Morgan fingerprint density at radius 1 is 1.25 bits per heavy atom. The van der Waals surface area contributed by atoms with Gasteiger partial charge in [0, 0.05) is 38.2 Å². The Labute approximate surface area is 117 Å². The molecule has 6 heteroatoms. The predicted octanol–water partition coefficient (Wildman–Crippen LogP) is 0.904. The summed E-state index contributed by atoms with van der Waals surface area (Å²) in [5.41, 5.74) is 0.536. The van der Waals surface area contributed by atoms with Crippen LogP contribution in [0.4, 0.5) is 0 Å². The van der Waals surface area contributed by atoms with E-state index in [9.17, 15) is 20.1 Å². The van der Waals surface area contributed by atoms with Crippen molar-refractivity contribution in [3.8, 4) is 17.2 Å². The van der Waals surface area contributed by atoms with Crippen LogP contribution in [0.25, 0.3) is 0 Å². The van der Waals surface area contributed by atoms with E-state index in [2.05, 4.69) is 5.32 Å². The molecular formula is C14H20N2O4. The Kier molecular flexibility index (Phi) is 4.34. The van der Waals surface area contributed by atoms with Gasteiger partial charge in [0.1, 0.15) is 0 Å². The summed E-state index contributed by atoms with van der Waals surface area (Å²) in [5, 5.41) is 31.7. The molecule has 0 bridgehead atoms. The van der Waals surface area contributed by atoms with Crippen molar-refractivity contribution in [2.24, 2.45) is 0 Å². The molecular weight excluding hydrogens is 260 g/mol. The summed E-state index contributed by atoms with van der Waals surface area (Å²) < 4.78 is 0. The maximum atomic E-state index is 11.2. The van der Waals surface area contributed by atoms with Gasteiger partial charge in [-0.05, 0) is 18.9 Å². The van der Waals surface area contributed by atoms with E-state index in [1.807, 2.05) is 4.90 Å². The number of aromatic hydroxyl groups is 3. The summed E-state index contributed by atoms with van der Waals surface area (Å²) in [4.78, 5) is 13.0. The molecule has 110 valence electrons. The van der Waals surface area contributed by atoms with Gasteiger partial charge in [0.2, 0.25) is 11.7 Å². The summed E-state index contributed by atoms with van der Waals surface area (Å²) in [5.74, 6) is -1.01. The van der Waals surface area contributed by atoms with E-state index >= 15 is 0 Å². The second-order valence-electron chi connectivity index (χ2n) is 5.10. The maximum absolute atomic E-state index is 11.2. The zero-order valence-electron chi connectivity index (χ0n) is 11.5. The van der Waals surface area contributed by atoms with Crippen molar-refractivity contribution in [2.45, 2.75) is 32.4 Å². The fraction of sp³-hybridized carbons (Fsp3) is 0.500. The average Bonchev–Trinajstić information content (AvgIpc) is 2.44. The van der Waals surface area contributed by atoms with Crippen molar-refractivity contribution in [1.82, 2.24) is 10.2 Å². The van der Waals surface area contributed by atoms with E-state index < -0.39 is 5.75 Å². The van der Waals surface area contributed by atoms with Crippen LogP contribution < -0.4 is 5.32 Å². The number of benzene rings is 1. The molecule has 0 aromatic heterocycles. The molecule has 0 spiro atoms. The first-order valence-electron chi connectivity index (χ1n) is 6.70. The zero-order chi connectivity index (χ0) is 14.7. The van der Waals surface area contributed by atoms with Crippen molar-refractivity contribution >= 4 is 5.91 Å². The minimum absolute atomic E-state index is 0.101. The summed E-state index contributed by atoms with van der Waals surface area (Å²) in [6.07, 6.45) is 1.73. The van der Waals surface area contributed by atoms with Crippen molar-refractivity contribution in [3.05, 3.63) is 17.7 Å². The Balaban J connectivity index is 1.88. The number of nitrogens with one attached hydrogen (secondary N) is 1. The topological polar surface area (TPSA) is 93.0 Å². The van der Waals surface area contributed by atoms with Crippen molar-refractivity contribution in [2.75, 3.05) is 13.1 Å². The van der Waals surface area contributed by atoms with E-state index in [1.54, 1.807) is 13.0 Å². The molecule has 0 atom stereocenters. The van der Waals surface area contributed by atoms with E-state index in [0.29, 0.717) is 12.1 Å². The number of likely N-dealkylation sites (tertiary alicyclic amines) is 1. The predicted molar refractivity (Wildman–Crippen MR) is 73.6 cm³/mol. The van der Waals surface area contributed by atoms with Crippen LogP contribution in [0, 0.1) is 0 Å². The number of amides is 1. The lowest BCUT2D eigenvalue weighted by Crippen LogP contribution is -2.43. The molecule has 1 fully saturated rings. The Morgan fingerprint density at radius 3 is 2.50 bits per heavy atom. The molecule has 20 heavy (non-hydrogen) atoms. The quantitative estimate of drug-likeness (QED) is 0.617. The number of nitrogens with zero attached hydrogens (tertiary/aromatic N) is 1. The molecule has 1 aromatic carbocycles. The highest BCUT2D eigenvalue weighted by molar-refractivity contribution is 5.73. The van der Waals surface area contributed by atoms with Crippen molar-refractivity contribution in [3.63, 3.8) is 0 Å². The lowest BCUT2D eigenvalue weighted by atomic mass is 10.0. The first-order chi connectivity index (χ1) is 9.49. The molecule has 1 aromatic rings. The molecule has 1 heterocycles. The molecule has 1 amide bonds. The van der Waals surface area contributed by atoms with Gasteiger partial charge in [0.25, 0.3) is 0 Å². The van der Waals surface area contributed by atoms with Crippen LogP contribution in [0.15, 0.2) is 12.1 Å². The van der Waals surface area contributed by atoms with E-state index in [4.69, 9.17) is 0 Å². The Morgan fingerprint density at radius 2 is 1.90 bits per heavy atom. The highest BCUT2D eigenvalue weighted by Gasteiger charge is 2.20. The first-order valence-corrected chi connectivity index (χ1v) is 6.70. The normalized spacial score (nSPS) is 16.4. The third-order valence-electron chi connectivity index (χ3n) is 3.73. The number of carbonyl (C=O) groups excluding carboxylic acids is 1. The molecule has 0 saturated carbocycles. The SMILES string of the molecule is CC(=O)N1CCC(NCc2ccc(O)c(O)c2O)CC1. The molecule has 0 radical (unpaired) electrons. The molecule has 0 aliphatic carbocycles. The van der Waals surface area contributed by atoms with Gasteiger partial charge in [-0.2, -0.15) is 0 Å². The number of rotatable bonds is 3. The molecule has 1 saturated heterocycles. The Hall–Kier alpha value is -1.95. The maximum Gasteiger partial charge on any atom is 0.219 e. The van der Waals surface area contributed by atoms with Gasteiger partial charge < -0.3 is 25.5 Å².